The van der Waals surface area contributed by atoms with Gasteiger partial charge in [0.15, 0.2) is 0 Å². The predicted molar refractivity (Wildman–Crippen MR) is 112 cm³/mol. The van der Waals surface area contributed by atoms with Crippen LogP contribution in [0.3, 0.4) is 0 Å². The first kappa shape index (κ1) is 20.8. The van der Waals surface area contributed by atoms with E-state index in [2.05, 4.69) is 0 Å². The minimum absolute atomic E-state index is 0.0394. The van der Waals surface area contributed by atoms with E-state index in [9.17, 15) is 17.6 Å². The lowest BCUT2D eigenvalue weighted by atomic mass is 9.98. The minimum Gasteiger partial charge on any atom is -0.426 e. The number of hydrogen-bond donors (Lipinski definition) is 0. The number of esters is 1. The number of halogens is 2. The Bertz CT molecular complexity index is 1190. The van der Waals surface area contributed by atoms with Crippen molar-refractivity contribution >= 4 is 38.4 Å². The highest BCUT2D eigenvalue weighted by molar-refractivity contribution is 7.89. The summed E-state index contributed by atoms with van der Waals surface area (Å²) >= 11 is 6.21. The average Bonchev–Trinajstić information content (AvgIpc) is 2.76. The van der Waals surface area contributed by atoms with E-state index >= 15 is 0 Å². The van der Waals surface area contributed by atoms with Crippen LogP contribution in [0.25, 0.3) is 10.8 Å². The molecule has 1 heterocycles. The van der Waals surface area contributed by atoms with E-state index in [1.165, 1.54) is 16.4 Å². The van der Waals surface area contributed by atoms with E-state index in [0.717, 1.165) is 22.9 Å². The number of ether oxygens (including phenoxy) is 1. The molecule has 1 aliphatic heterocycles. The Balaban J connectivity index is 1.44. The van der Waals surface area contributed by atoms with Crippen molar-refractivity contribution < 1.29 is 22.3 Å². The van der Waals surface area contributed by atoms with Crippen molar-refractivity contribution in [2.24, 2.45) is 5.92 Å². The molecule has 0 unspecified atom stereocenters. The van der Waals surface area contributed by atoms with E-state index in [1.54, 1.807) is 12.1 Å². The quantitative estimate of drug-likeness (QED) is 0.432. The maximum Gasteiger partial charge on any atom is 0.314 e. The Kier molecular flexibility index (Phi) is 5.77. The van der Waals surface area contributed by atoms with Crippen LogP contribution in [0.5, 0.6) is 5.75 Å². The highest BCUT2D eigenvalue weighted by Gasteiger charge is 2.33. The summed E-state index contributed by atoms with van der Waals surface area (Å²) in [7, 11) is -3.72. The van der Waals surface area contributed by atoms with Gasteiger partial charge in [0, 0.05) is 28.9 Å². The minimum atomic E-state index is -3.72. The average molecular weight is 448 g/mol. The molecule has 0 aromatic heterocycles. The molecular weight excluding hydrogens is 429 g/mol. The molecule has 0 atom stereocenters. The SMILES string of the molecule is O=C(Oc1ccc(Cl)c2ccccc12)C1CCN(S(=O)(=O)c2ccc(F)cc2)CC1. The van der Waals surface area contributed by atoms with Gasteiger partial charge in [0.25, 0.3) is 0 Å². The Morgan fingerprint density at radius 1 is 0.967 bits per heavy atom. The van der Waals surface area contributed by atoms with Crippen molar-refractivity contribution in [1.82, 2.24) is 4.31 Å². The molecule has 0 radical (unpaired) electrons. The zero-order valence-electron chi connectivity index (χ0n) is 15.9. The summed E-state index contributed by atoms with van der Waals surface area (Å²) in [4.78, 5) is 12.7. The van der Waals surface area contributed by atoms with Crippen molar-refractivity contribution in [3.63, 3.8) is 0 Å². The van der Waals surface area contributed by atoms with Gasteiger partial charge in [-0.25, -0.2) is 12.8 Å². The summed E-state index contributed by atoms with van der Waals surface area (Å²) in [5, 5.41) is 2.11. The zero-order valence-corrected chi connectivity index (χ0v) is 17.5. The number of sulfonamides is 1. The van der Waals surface area contributed by atoms with Gasteiger partial charge in [-0.15, -0.1) is 0 Å². The lowest BCUT2D eigenvalue weighted by molar-refractivity contribution is -0.140. The van der Waals surface area contributed by atoms with Crippen LogP contribution in [-0.4, -0.2) is 31.8 Å². The van der Waals surface area contributed by atoms with Crippen LogP contribution in [0.15, 0.2) is 65.6 Å². The number of rotatable bonds is 4. The van der Waals surface area contributed by atoms with Crippen LogP contribution in [0.1, 0.15) is 12.8 Å². The lowest BCUT2D eigenvalue weighted by Gasteiger charge is -2.30. The third kappa shape index (κ3) is 4.05. The summed E-state index contributed by atoms with van der Waals surface area (Å²) in [5.41, 5.74) is 0. The summed E-state index contributed by atoms with van der Waals surface area (Å²) in [5.74, 6) is -0.855. The van der Waals surface area contributed by atoms with Crippen molar-refractivity contribution in [3.8, 4) is 5.75 Å². The fraction of sp³-hybridized carbons (Fsp3) is 0.227. The van der Waals surface area contributed by atoms with E-state index in [4.69, 9.17) is 16.3 Å². The van der Waals surface area contributed by atoms with Gasteiger partial charge in [-0.2, -0.15) is 4.31 Å². The number of hydrogen-bond acceptors (Lipinski definition) is 4. The Labute approximate surface area is 179 Å². The number of benzene rings is 3. The van der Waals surface area contributed by atoms with E-state index in [1.807, 2.05) is 24.3 Å². The monoisotopic (exact) mass is 447 g/mol. The molecule has 4 rings (SSSR count). The molecule has 1 aliphatic rings. The molecule has 0 saturated carbocycles. The molecule has 0 spiro atoms. The van der Waals surface area contributed by atoms with Crippen LogP contribution < -0.4 is 4.74 Å². The zero-order chi connectivity index (χ0) is 21.3. The number of carbonyl (C=O) groups is 1. The van der Waals surface area contributed by atoms with Gasteiger partial charge in [0.05, 0.1) is 10.8 Å². The normalized spacial score (nSPS) is 15.9. The number of nitrogens with zero attached hydrogens (tertiary/aromatic N) is 1. The smallest absolute Gasteiger partial charge is 0.314 e. The molecule has 3 aromatic carbocycles. The second-order valence-electron chi connectivity index (χ2n) is 7.14. The molecule has 8 heteroatoms. The maximum atomic E-state index is 13.1. The molecule has 156 valence electrons. The van der Waals surface area contributed by atoms with Crippen LogP contribution in [0.4, 0.5) is 4.39 Å². The number of fused-ring (bicyclic) bond motifs is 1. The standard InChI is InChI=1S/C22H19ClFNO4S/c23-20-9-10-21(19-4-2-1-3-18(19)20)29-22(26)15-11-13-25(14-12-15)30(27,28)17-7-5-16(24)6-8-17/h1-10,15H,11-14H2. The molecule has 3 aromatic rings. The Morgan fingerprint density at radius 3 is 2.27 bits per heavy atom. The largest absolute Gasteiger partial charge is 0.426 e. The molecular formula is C22H19ClFNO4S. The molecule has 1 fully saturated rings. The van der Waals surface area contributed by atoms with Gasteiger partial charge in [-0.1, -0.05) is 35.9 Å². The van der Waals surface area contributed by atoms with Gasteiger partial charge >= 0.3 is 5.97 Å². The highest BCUT2D eigenvalue weighted by Crippen LogP contribution is 2.32. The second-order valence-corrected chi connectivity index (χ2v) is 9.49. The second kappa shape index (κ2) is 8.34. The molecule has 1 saturated heterocycles. The third-order valence-corrected chi connectivity index (χ3v) is 7.52. The first-order chi connectivity index (χ1) is 14.4. The van der Waals surface area contributed by atoms with Gasteiger partial charge < -0.3 is 4.74 Å². The van der Waals surface area contributed by atoms with Crippen molar-refractivity contribution in [1.29, 1.82) is 0 Å². The van der Waals surface area contributed by atoms with Crippen LogP contribution in [-0.2, 0) is 14.8 Å². The van der Waals surface area contributed by atoms with Crippen LogP contribution in [0, 0.1) is 11.7 Å². The Morgan fingerprint density at radius 2 is 1.60 bits per heavy atom. The van der Waals surface area contributed by atoms with Crippen molar-refractivity contribution in [3.05, 3.63) is 71.5 Å². The fourth-order valence-corrected chi connectivity index (χ4v) is 5.30. The lowest BCUT2D eigenvalue weighted by Crippen LogP contribution is -2.41. The topological polar surface area (TPSA) is 63.7 Å². The first-order valence-electron chi connectivity index (χ1n) is 9.51. The molecule has 0 bridgehead atoms. The first-order valence-corrected chi connectivity index (χ1v) is 11.3. The molecule has 0 N–H and O–H groups in total. The molecule has 30 heavy (non-hydrogen) atoms. The van der Waals surface area contributed by atoms with E-state index < -0.39 is 21.8 Å². The summed E-state index contributed by atoms with van der Waals surface area (Å²) in [6.45, 7) is 0.391. The van der Waals surface area contributed by atoms with Gasteiger partial charge in [-0.3, -0.25) is 4.79 Å². The Hall–Kier alpha value is -2.48. The van der Waals surface area contributed by atoms with Gasteiger partial charge in [0.2, 0.25) is 10.0 Å². The van der Waals surface area contributed by atoms with Crippen LogP contribution >= 0.6 is 11.6 Å². The van der Waals surface area contributed by atoms with Gasteiger partial charge in [-0.05, 0) is 49.2 Å². The summed E-state index contributed by atoms with van der Waals surface area (Å²) in [6, 6.07) is 15.5. The fourth-order valence-electron chi connectivity index (χ4n) is 3.60. The third-order valence-electron chi connectivity index (χ3n) is 5.28. The molecule has 0 aliphatic carbocycles. The van der Waals surface area contributed by atoms with Gasteiger partial charge in [0.1, 0.15) is 11.6 Å². The number of piperidine rings is 1. The maximum absolute atomic E-state index is 13.1. The predicted octanol–water partition coefficient (Wildman–Crippen LogP) is 4.64. The number of carbonyl (C=O) groups excluding carboxylic acids is 1. The van der Waals surface area contributed by atoms with E-state index in [-0.39, 0.29) is 24.0 Å². The highest BCUT2D eigenvalue weighted by atomic mass is 35.5. The van der Waals surface area contributed by atoms with Crippen LogP contribution in [0.2, 0.25) is 5.02 Å². The summed E-state index contributed by atoms with van der Waals surface area (Å²) < 4.78 is 45.5. The summed E-state index contributed by atoms with van der Waals surface area (Å²) in [6.07, 6.45) is 0.704. The van der Waals surface area contributed by atoms with Crippen molar-refractivity contribution in [2.75, 3.05) is 13.1 Å². The van der Waals surface area contributed by atoms with E-state index in [0.29, 0.717) is 23.6 Å². The van der Waals surface area contributed by atoms with Crippen molar-refractivity contribution in [2.45, 2.75) is 17.7 Å². The molecule has 0 amide bonds. The molecule has 5 nitrogen and oxygen atoms in total.